The van der Waals surface area contributed by atoms with E-state index in [-0.39, 0.29) is 0 Å². The van der Waals surface area contributed by atoms with Gasteiger partial charge in [-0.25, -0.2) is 9.59 Å². The summed E-state index contributed by atoms with van der Waals surface area (Å²) in [5.74, 6) is -2.81. The van der Waals surface area contributed by atoms with Crippen molar-refractivity contribution in [3.63, 3.8) is 0 Å². The summed E-state index contributed by atoms with van der Waals surface area (Å²) in [4.78, 5) is 20.1. The van der Waals surface area contributed by atoms with Crippen molar-refractivity contribution in [2.45, 2.75) is 6.16 Å². The van der Waals surface area contributed by atoms with Gasteiger partial charge in [-0.3, -0.25) is 0 Å². The number of esters is 1. The molecule has 0 aliphatic heterocycles. The Balaban J connectivity index is 3.99. The van der Waals surface area contributed by atoms with Gasteiger partial charge in [0.25, 0.3) is 0 Å². The van der Waals surface area contributed by atoms with Crippen molar-refractivity contribution >= 4 is 11.9 Å². The van der Waals surface area contributed by atoms with Crippen molar-refractivity contribution in [2.75, 3.05) is 0 Å². The molecule has 0 aromatic heterocycles. The maximum absolute atomic E-state index is 10.3. The molecule has 0 fully saturated rings. The summed E-state index contributed by atoms with van der Waals surface area (Å²) in [5, 5.41) is 32.1. The third kappa shape index (κ3) is 6.68. The van der Waals surface area contributed by atoms with Gasteiger partial charge in [0.2, 0.25) is 0 Å². The minimum Gasteiger partial charge on any atom is -0.478 e. The second-order valence-corrected chi connectivity index (χ2v) is 1.67. The Labute approximate surface area is 66.1 Å². The zero-order chi connectivity index (χ0) is 9.78. The highest BCUT2D eigenvalue weighted by molar-refractivity contribution is 5.90. The molecule has 7 heteroatoms. The van der Waals surface area contributed by atoms with Crippen molar-refractivity contribution in [1.29, 1.82) is 0 Å². The summed E-state index contributed by atoms with van der Waals surface area (Å²) >= 11 is 0. The van der Waals surface area contributed by atoms with Crippen molar-refractivity contribution in [1.82, 2.24) is 0 Å². The molecule has 0 rings (SSSR count). The van der Waals surface area contributed by atoms with Crippen molar-refractivity contribution in [3.8, 4) is 0 Å². The van der Waals surface area contributed by atoms with Crippen LogP contribution in [0.25, 0.3) is 0 Å². The first kappa shape index (κ1) is 10.6. The van der Waals surface area contributed by atoms with Gasteiger partial charge in [0.05, 0.1) is 0 Å². The molecule has 0 radical (unpaired) electrons. The quantitative estimate of drug-likeness (QED) is 0.219. The molecule has 68 valence electrons. The van der Waals surface area contributed by atoms with E-state index in [4.69, 9.17) is 20.4 Å². The first-order valence-corrected chi connectivity index (χ1v) is 2.62. The minimum atomic E-state index is -3.58. The van der Waals surface area contributed by atoms with Crippen LogP contribution in [0, 0.1) is 0 Å². The second-order valence-electron chi connectivity index (χ2n) is 1.67. The van der Waals surface area contributed by atoms with Crippen LogP contribution in [-0.4, -0.2) is 38.5 Å². The first-order valence-electron chi connectivity index (χ1n) is 2.62. The molecule has 0 aliphatic rings. The van der Waals surface area contributed by atoms with Crippen LogP contribution < -0.4 is 0 Å². The van der Waals surface area contributed by atoms with Crippen LogP contribution in [0.5, 0.6) is 0 Å². The third-order valence-electron chi connectivity index (χ3n) is 0.600. The van der Waals surface area contributed by atoms with Gasteiger partial charge in [-0.15, -0.1) is 0 Å². The zero-order valence-corrected chi connectivity index (χ0v) is 5.67. The summed E-state index contributed by atoms with van der Waals surface area (Å²) in [5.41, 5.74) is 0. The topological polar surface area (TPSA) is 124 Å². The summed E-state index contributed by atoms with van der Waals surface area (Å²) in [6, 6.07) is 0. The number of carbonyl (C=O) groups is 2. The molecule has 0 atom stereocenters. The molecule has 0 bridgehead atoms. The lowest BCUT2D eigenvalue weighted by Gasteiger charge is -2.11. The lowest BCUT2D eigenvalue weighted by Crippen LogP contribution is -2.33. The fourth-order valence-corrected chi connectivity index (χ4v) is 0.308. The third-order valence-corrected chi connectivity index (χ3v) is 0.600. The normalized spacial score (nSPS) is 11.6. The van der Waals surface area contributed by atoms with Gasteiger partial charge in [-0.2, -0.15) is 0 Å². The zero-order valence-electron chi connectivity index (χ0n) is 5.67. The van der Waals surface area contributed by atoms with Crippen molar-refractivity contribution in [3.05, 3.63) is 12.2 Å². The molecule has 0 saturated carbocycles. The number of aliphatic hydroxyl groups is 3. The predicted octanol–water partition coefficient (Wildman–Crippen LogP) is -2.24. The number of hydrogen-bond donors (Lipinski definition) is 4. The van der Waals surface area contributed by atoms with Crippen LogP contribution in [-0.2, 0) is 14.3 Å². The Morgan fingerprint density at radius 3 is 2.00 bits per heavy atom. The monoisotopic (exact) mass is 178 g/mol. The molecule has 0 aromatic carbocycles. The van der Waals surface area contributed by atoms with Gasteiger partial charge in [0, 0.05) is 12.2 Å². The Kier molecular flexibility index (Phi) is 3.35. The van der Waals surface area contributed by atoms with E-state index in [2.05, 4.69) is 4.74 Å². The van der Waals surface area contributed by atoms with Crippen molar-refractivity contribution < 1.29 is 34.8 Å². The summed E-state index contributed by atoms with van der Waals surface area (Å²) in [7, 11) is 0. The largest absolute Gasteiger partial charge is 0.478 e. The molecular weight excluding hydrogens is 172 g/mol. The maximum Gasteiger partial charge on any atom is 0.455 e. The molecule has 12 heavy (non-hydrogen) atoms. The van der Waals surface area contributed by atoms with Gasteiger partial charge in [-0.1, -0.05) is 0 Å². The van der Waals surface area contributed by atoms with Gasteiger partial charge in [0.1, 0.15) is 0 Å². The van der Waals surface area contributed by atoms with Gasteiger partial charge < -0.3 is 25.2 Å². The highest BCUT2D eigenvalue weighted by Crippen LogP contribution is 1.96. The van der Waals surface area contributed by atoms with E-state index in [9.17, 15) is 9.59 Å². The Hall–Kier alpha value is -1.44. The maximum atomic E-state index is 10.3. The van der Waals surface area contributed by atoms with E-state index < -0.39 is 18.1 Å². The van der Waals surface area contributed by atoms with Crippen LogP contribution >= 0.6 is 0 Å². The van der Waals surface area contributed by atoms with E-state index in [0.717, 1.165) is 0 Å². The summed E-state index contributed by atoms with van der Waals surface area (Å²) < 4.78 is 3.47. The van der Waals surface area contributed by atoms with Crippen LogP contribution in [0.4, 0.5) is 0 Å². The number of carboxylic acids is 1. The fraction of sp³-hybridized carbons (Fsp3) is 0.200. The van der Waals surface area contributed by atoms with E-state index in [1.807, 2.05) is 0 Å². The summed E-state index contributed by atoms with van der Waals surface area (Å²) in [6.45, 7) is 0. The molecule has 7 nitrogen and oxygen atoms in total. The SMILES string of the molecule is O=C(O)/C=C\C(=O)OC(O)(O)O. The average molecular weight is 178 g/mol. The van der Waals surface area contributed by atoms with Crippen LogP contribution in [0.2, 0.25) is 0 Å². The molecule has 0 amide bonds. The van der Waals surface area contributed by atoms with E-state index in [1.54, 1.807) is 0 Å². The van der Waals surface area contributed by atoms with Gasteiger partial charge >= 0.3 is 18.1 Å². The number of rotatable bonds is 3. The molecular formula is C5H6O7. The molecule has 0 aromatic rings. The number of carbonyl (C=O) groups excluding carboxylic acids is 1. The Morgan fingerprint density at radius 2 is 1.67 bits per heavy atom. The van der Waals surface area contributed by atoms with Crippen LogP contribution in [0.1, 0.15) is 0 Å². The molecule has 0 heterocycles. The molecule has 0 unspecified atom stereocenters. The molecule has 0 aliphatic carbocycles. The van der Waals surface area contributed by atoms with E-state index in [0.29, 0.717) is 12.2 Å². The highest BCUT2D eigenvalue weighted by atomic mass is 16.9. The van der Waals surface area contributed by atoms with Crippen LogP contribution in [0.15, 0.2) is 12.2 Å². The van der Waals surface area contributed by atoms with Crippen LogP contribution in [0.3, 0.4) is 0 Å². The standard InChI is InChI=1S/C5H6O7/c6-3(7)1-2-4(8)12-5(9,10)11/h1-2,9-11H,(H,6,7)/b2-1-. The van der Waals surface area contributed by atoms with Gasteiger partial charge in [0.15, 0.2) is 0 Å². The summed E-state index contributed by atoms with van der Waals surface area (Å²) in [6.07, 6.45) is -2.77. The average Bonchev–Trinajstić information content (AvgIpc) is 1.79. The van der Waals surface area contributed by atoms with Gasteiger partial charge in [-0.05, 0) is 0 Å². The second kappa shape index (κ2) is 3.81. The Morgan fingerprint density at radius 1 is 1.17 bits per heavy atom. The number of aliphatic carboxylic acids is 1. The smallest absolute Gasteiger partial charge is 0.455 e. The first-order chi connectivity index (χ1) is 5.31. The molecule has 0 spiro atoms. The number of ether oxygens (including phenoxy) is 1. The molecule has 0 saturated heterocycles. The minimum absolute atomic E-state index is 0.403. The highest BCUT2D eigenvalue weighted by Gasteiger charge is 2.23. The van der Waals surface area contributed by atoms with Crippen molar-refractivity contribution in [2.24, 2.45) is 0 Å². The number of hydrogen-bond acceptors (Lipinski definition) is 6. The lowest BCUT2D eigenvalue weighted by atomic mass is 10.5. The number of carboxylic acid groups (broad SMARTS) is 1. The van der Waals surface area contributed by atoms with E-state index >= 15 is 0 Å². The van der Waals surface area contributed by atoms with E-state index in [1.165, 1.54) is 0 Å². The predicted molar refractivity (Wildman–Crippen MR) is 32.3 cm³/mol. The molecule has 4 N–H and O–H groups in total. The fourth-order valence-electron chi connectivity index (χ4n) is 0.308. The Bertz CT molecular complexity index is 210. The lowest BCUT2D eigenvalue weighted by molar-refractivity contribution is -0.434.